The van der Waals surface area contributed by atoms with Crippen LogP contribution in [0.15, 0.2) is 40.9 Å². The third-order valence-corrected chi connectivity index (χ3v) is 3.18. The van der Waals surface area contributed by atoms with Crippen molar-refractivity contribution in [2.24, 2.45) is 0 Å². The van der Waals surface area contributed by atoms with Gasteiger partial charge in [-0.25, -0.2) is 0 Å². The van der Waals surface area contributed by atoms with Crippen molar-refractivity contribution in [3.8, 4) is 5.75 Å². The zero-order valence-electron chi connectivity index (χ0n) is 10.3. The Morgan fingerprint density at radius 1 is 1.10 bits per heavy atom. The lowest BCUT2D eigenvalue weighted by Gasteiger charge is -2.16. The average molecular weight is 382 g/mol. The van der Waals surface area contributed by atoms with Crippen molar-refractivity contribution in [3.05, 3.63) is 45.9 Å². The lowest BCUT2D eigenvalue weighted by molar-refractivity contribution is -0.274. The lowest BCUT2D eigenvalue weighted by Crippen LogP contribution is -2.18. The molecule has 0 radical (unpaired) electrons. The molecule has 0 aliphatic carbocycles. The number of alkyl halides is 3. The second-order valence-electron chi connectivity index (χ2n) is 4.04. The van der Waals surface area contributed by atoms with Gasteiger partial charge in [0, 0.05) is 9.50 Å². The normalized spacial score (nSPS) is 11.3. The van der Waals surface area contributed by atoms with Crippen LogP contribution in [0.4, 0.5) is 30.2 Å². The maximum atomic E-state index is 12.4. The SMILES string of the molecule is Nc1ccc(Cl)cc1Nc1ccc(Br)cc1OC(F)(F)F. The number of hydrogen-bond acceptors (Lipinski definition) is 3. The van der Waals surface area contributed by atoms with E-state index < -0.39 is 6.36 Å². The number of benzene rings is 2. The van der Waals surface area contributed by atoms with E-state index in [9.17, 15) is 13.2 Å². The number of rotatable bonds is 3. The monoisotopic (exact) mass is 380 g/mol. The summed E-state index contributed by atoms with van der Waals surface area (Å²) in [5.74, 6) is -0.378. The van der Waals surface area contributed by atoms with Crippen LogP contribution in [-0.4, -0.2) is 6.36 Å². The van der Waals surface area contributed by atoms with E-state index in [-0.39, 0.29) is 11.4 Å². The van der Waals surface area contributed by atoms with Crippen LogP contribution >= 0.6 is 27.5 Å². The number of anilines is 3. The molecule has 8 heteroatoms. The number of hydrogen-bond donors (Lipinski definition) is 2. The van der Waals surface area contributed by atoms with Crippen LogP contribution in [0.1, 0.15) is 0 Å². The first-order valence-electron chi connectivity index (χ1n) is 5.62. The van der Waals surface area contributed by atoms with Gasteiger partial charge in [0.1, 0.15) is 0 Å². The lowest BCUT2D eigenvalue weighted by atomic mass is 10.2. The van der Waals surface area contributed by atoms with Crippen LogP contribution in [0.3, 0.4) is 0 Å². The molecular weight excluding hydrogens is 373 g/mol. The van der Waals surface area contributed by atoms with Gasteiger partial charge in [-0.1, -0.05) is 27.5 Å². The summed E-state index contributed by atoms with van der Waals surface area (Å²) >= 11 is 8.93. The summed E-state index contributed by atoms with van der Waals surface area (Å²) in [5, 5.41) is 3.18. The van der Waals surface area contributed by atoms with Crippen molar-refractivity contribution in [3.63, 3.8) is 0 Å². The van der Waals surface area contributed by atoms with Crippen molar-refractivity contribution in [1.82, 2.24) is 0 Å². The molecule has 0 heterocycles. The molecule has 0 fully saturated rings. The van der Waals surface area contributed by atoms with Crippen molar-refractivity contribution < 1.29 is 17.9 Å². The fourth-order valence-electron chi connectivity index (χ4n) is 1.59. The standard InChI is InChI=1S/C13H9BrClF3N2O/c14-7-1-4-10(12(5-7)21-13(16,17)18)20-11-6-8(15)2-3-9(11)19/h1-6,20H,19H2. The van der Waals surface area contributed by atoms with Gasteiger partial charge in [0.05, 0.1) is 17.1 Å². The minimum Gasteiger partial charge on any atom is -0.404 e. The van der Waals surface area contributed by atoms with E-state index >= 15 is 0 Å². The Balaban J connectivity index is 2.37. The fraction of sp³-hybridized carbons (Fsp3) is 0.0769. The molecule has 0 saturated heterocycles. The quantitative estimate of drug-likeness (QED) is 0.707. The zero-order chi connectivity index (χ0) is 15.6. The first kappa shape index (κ1) is 15.8. The fourth-order valence-corrected chi connectivity index (χ4v) is 2.10. The van der Waals surface area contributed by atoms with Crippen molar-refractivity contribution in [2.75, 3.05) is 11.1 Å². The van der Waals surface area contributed by atoms with Crippen LogP contribution in [0.2, 0.25) is 5.02 Å². The Morgan fingerprint density at radius 3 is 2.48 bits per heavy atom. The Kier molecular flexibility index (Phi) is 4.53. The summed E-state index contributed by atoms with van der Waals surface area (Å²) in [5.41, 5.74) is 6.60. The number of halogens is 5. The summed E-state index contributed by atoms with van der Waals surface area (Å²) in [6, 6.07) is 8.86. The van der Waals surface area contributed by atoms with Gasteiger partial charge in [0.2, 0.25) is 0 Å². The molecule has 2 aromatic carbocycles. The van der Waals surface area contributed by atoms with Gasteiger partial charge in [0.25, 0.3) is 0 Å². The van der Waals surface area contributed by atoms with E-state index in [0.29, 0.717) is 20.9 Å². The molecule has 112 valence electrons. The first-order chi connectivity index (χ1) is 9.74. The highest BCUT2D eigenvalue weighted by molar-refractivity contribution is 9.10. The highest BCUT2D eigenvalue weighted by atomic mass is 79.9. The van der Waals surface area contributed by atoms with Gasteiger partial charge in [-0.2, -0.15) is 0 Å². The number of nitrogens with one attached hydrogen (secondary N) is 1. The van der Waals surface area contributed by atoms with E-state index in [4.69, 9.17) is 17.3 Å². The van der Waals surface area contributed by atoms with Gasteiger partial charge < -0.3 is 15.8 Å². The smallest absolute Gasteiger partial charge is 0.404 e. The molecule has 0 atom stereocenters. The topological polar surface area (TPSA) is 47.3 Å². The largest absolute Gasteiger partial charge is 0.573 e. The molecule has 0 saturated carbocycles. The molecule has 0 bridgehead atoms. The molecule has 0 amide bonds. The summed E-state index contributed by atoms with van der Waals surface area (Å²) in [7, 11) is 0. The summed E-state index contributed by atoms with van der Waals surface area (Å²) in [6.45, 7) is 0. The van der Waals surface area contributed by atoms with E-state index in [1.807, 2.05) is 0 Å². The van der Waals surface area contributed by atoms with Crippen LogP contribution in [-0.2, 0) is 0 Å². The maximum absolute atomic E-state index is 12.4. The predicted molar refractivity (Wildman–Crippen MR) is 80.0 cm³/mol. The first-order valence-corrected chi connectivity index (χ1v) is 6.79. The van der Waals surface area contributed by atoms with E-state index in [2.05, 4.69) is 26.0 Å². The molecule has 0 aromatic heterocycles. The minimum atomic E-state index is -4.79. The summed E-state index contributed by atoms with van der Waals surface area (Å²) in [6.07, 6.45) is -4.79. The van der Waals surface area contributed by atoms with E-state index in [0.717, 1.165) is 0 Å². The van der Waals surface area contributed by atoms with Crippen LogP contribution in [0.25, 0.3) is 0 Å². The van der Waals surface area contributed by atoms with Crippen molar-refractivity contribution >= 4 is 44.6 Å². The van der Waals surface area contributed by atoms with Crippen LogP contribution in [0.5, 0.6) is 5.75 Å². The Labute approximate surface area is 132 Å². The second-order valence-corrected chi connectivity index (χ2v) is 5.40. The summed E-state index contributed by atoms with van der Waals surface area (Å²) < 4.78 is 41.7. The van der Waals surface area contributed by atoms with E-state index in [1.54, 1.807) is 18.2 Å². The average Bonchev–Trinajstić information content (AvgIpc) is 2.35. The van der Waals surface area contributed by atoms with Gasteiger partial charge in [-0.15, -0.1) is 13.2 Å². The maximum Gasteiger partial charge on any atom is 0.573 e. The van der Waals surface area contributed by atoms with E-state index in [1.165, 1.54) is 18.2 Å². The molecule has 0 aliphatic heterocycles. The predicted octanol–water partition coefficient (Wildman–Crippen LogP) is 5.33. The van der Waals surface area contributed by atoms with Crippen LogP contribution < -0.4 is 15.8 Å². The molecule has 2 aromatic rings. The molecule has 0 aliphatic rings. The van der Waals surface area contributed by atoms with Gasteiger partial charge in [-0.3, -0.25) is 0 Å². The highest BCUT2D eigenvalue weighted by Crippen LogP contribution is 2.36. The van der Waals surface area contributed by atoms with Gasteiger partial charge in [-0.05, 0) is 36.4 Å². The molecule has 0 spiro atoms. The van der Waals surface area contributed by atoms with Gasteiger partial charge in [0.15, 0.2) is 5.75 Å². The second kappa shape index (κ2) is 6.03. The third kappa shape index (κ3) is 4.44. The minimum absolute atomic E-state index is 0.115. The molecule has 3 N–H and O–H groups in total. The van der Waals surface area contributed by atoms with Crippen LogP contribution in [0, 0.1) is 0 Å². The van der Waals surface area contributed by atoms with Crippen molar-refractivity contribution in [1.29, 1.82) is 0 Å². The molecule has 21 heavy (non-hydrogen) atoms. The number of nitrogens with two attached hydrogens (primary N) is 1. The Hall–Kier alpha value is -1.60. The highest BCUT2D eigenvalue weighted by Gasteiger charge is 2.32. The Bertz CT molecular complexity index is 664. The van der Waals surface area contributed by atoms with Crippen molar-refractivity contribution in [2.45, 2.75) is 6.36 Å². The van der Waals surface area contributed by atoms with Gasteiger partial charge >= 0.3 is 6.36 Å². The molecule has 0 unspecified atom stereocenters. The third-order valence-electron chi connectivity index (χ3n) is 2.45. The summed E-state index contributed by atoms with van der Waals surface area (Å²) in [4.78, 5) is 0. The zero-order valence-corrected chi connectivity index (χ0v) is 12.7. The molecule has 3 nitrogen and oxygen atoms in total. The Morgan fingerprint density at radius 2 is 1.81 bits per heavy atom. The molecule has 2 rings (SSSR count). The number of nitrogen functional groups attached to an aromatic ring is 1. The molecular formula is C13H9BrClF3N2O. The number of ether oxygens (including phenoxy) is 1.